The SMILES string of the molecule is CC.CCOC1=CNCC(c2ccc(C(=O)NC(CC)C(=N)C=N)c(F)c2)=N1.[HH]. The molecular formula is C20H30FN5O2. The predicted octanol–water partition coefficient (Wildman–Crippen LogP) is 3.50. The molecule has 0 fully saturated rings. The number of nitrogens with one attached hydrogen (secondary N) is 4. The normalized spacial score (nSPS) is 13.6. The number of nitrogens with zero attached hydrogens (tertiary/aromatic N) is 1. The molecule has 1 aromatic rings. The Kier molecular flexibility index (Phi) is 9.56. The fraction of sp³-hybridized carbons (Fsp3) is 0.400. The Hall–Kier alpha value is -3.03. The second kappa shape index (κ2) is 11.6. The van der Waals surface area contributed by atoms with E-state index in [1.807, 2.05) is 20.8 Å². The highest BCUT2D eigenvalue weighted by Crippen LogP contribution is 2.15. The van der Waals surface area contributed by atoms with Gasteiger partial charge in [0.1, 0.15) is 5.82 Å². The highest BCUT2D eigenvalue weighted by molar-refractivity contribution is 6.30. The molecule has 154 valence electrons. The topological polar surface area (TPSA) is 110 Å². The number of carbonyl (C=O) groups is 1. The Balaban J connectivity index is 0.00000253. The van der Waals surface area contributed by atoms with Crippen LogP contribution in [-0.2, 0) is 4.74 Å². The van der Waals surface area contributed by atoms with Crippen LogP contribution in [0.25, 0.3) is 0 Å². The Morgan fingerprint density at radius 1 is 1.46 bits per heavy atom. The van der Waals surface area contributed by atoms with Gasteiger partial charge in [-0.2, -0.15) is 0 Å². The minimum absolute atomic E-state index is 0. The zero-order valence-electron chi connectivity index (χ0n) is 16.7. The number of hydrogen-bond donors (Lipinski definition) is 4. The quantitative estimate of drug-likeness (QED) is 0.509. The van der Waals surface area contributed by atoms with Crippen molar-refractivity contribution in [2.45, 2.75) is 40.2 Å². The average Bonchev–Trinajstić information content (AvgIpc) is 2.73. The smallest absolute Gasteiger partial charge is 0.254 e. The molecule has 1 amide bonds. The van der Waals surface area contributed by atoms with E-state index in [0.717, 1.165) is 6.21 Å². The monoisotopic (exact) mass is 391 g/mol. The summed E-state index contributed by atoms with van der Waals surface area (Å²) < 4.78 is 19.8. The van der Waals surface area contributed by atoms with Crippen molar-refractivity contribution in [3.63, 3.8) is 0 Å². The summed E-state index contributed by atoms with van der Waals surface area (Å²) in [5, 5.41) is 20.3. The summed E-state index contributed by atoms with van der Waals surface area (Å²) in [6.07, 6.45) is 2.95. The van der Waals surface area contributed by atoms with E-state index >= 15 is 0 Å². The van der Waals surface area contributed by atoms with Gasteiger partial charge in [-0.15, -0.1) is 0 Å². The lowest BCUT2D eigenvalue weighted by Gasteiger charge is -2.17. The molecule has 0 saturated heterocycles. The minimum Gasteiger partial charge on any atom is -0.477 e. The molecule has 0 radical (unpaired) electrons. The zero-order chi connectivity index (χ0) is 21.1. The average molecular weight is 391 g/mol. The third-order valence-electron chi connectivity index (χ3n) is 3.82. The van der Waals surface area contributed by atoms with Gasteiger partial charge < -0.3 is 26.2 Å². The number of hydrogen-bond acceptors (Lipinski definition) is 6. The lowest BCUT2D eigenvalue weighted by molar-refractivity contribution is 0.0942. The van der Waals surface area contributed by atoms with Gasteiger partial charge in [0.2, 0.25) is 5.88 Å². The molecule has 4 N–H and O–H groups in total. The van der Waals surface area contributed by atoms with Crippen molar-refractivity contribution in [3.05, 3.63) is 47.2 Å². The molecule has 1 unspecified atom stereocenters. The van der Waals surface area contributed by atoms with Crippen molar-refractivity contribution in [1.29, 1.82) is 10.8 Å². The summed E-state index contributed by atoms with van der Waals surface area (Å²) in [6.45, 7) is 8.52. The van der Waals surface area contributed by atoms with Crippen molar-refractivity contribution >= 4 is 23.5 Å². The van der Waals surface area contributed by atoms with Crippen molar-refractivity contribution in [2.75, 3.05) is 13.2 Å². The van der Waals surface area contributed by atoms with Gasteiger partial charge >= 0.3 is 0 Å². The van der Waals surface area contributed by atoms with E-state index in [-0.39, 0.29) is 12.7 Å². The fourth-order valence-corrected chi connectivity index (χ4v) is 2.44. The molecule has 0 saturated carbocycles. The Morgan fingerprint density at radius 3 is 2.75 bits per heavy atom. The molecule has 28 heavy (non-hydrogen) atoms. The van der Waals surface area contributed by atoms with Crippen LogP contribution >= 0.6 is 0 Å². The molecule has 0 spiro atoms. The van der Waals surface area contributed by atoms with Crippen LogP contribution in [0.4, 0.5) is 4.39 Å². The van der Waals surface area contributed by atoms with Crippen LogP contribution in [0.3, 0.4) is 0 Å². The summed E-state index contributed by atoms with van der Waals surface area (Å²) in [5.74, 6) is -0.871. The van der Waals surface area contributed by atoms with Crippen LogP contribution in [0.2, 0.25) is 0 Å². The summed E-state index contributed by atoms with van der Waals surface area (Å²) in [6, 6.07) is 3.65. The Bertz CT molecular complexity index is 780. The highest BCUT2D eigenvalue weighted by Gasteiger charge is 2.19. The number of halogens is 1. The molecule has 0 aromatic heterocycles. The van der Waals surface area contributed by atoms with Gasteiger partial charge in [0.05, 0.1) is 42.4 Å². The molecule has 2 rings (SSSR count). The molecule has 7 nitrogen and oxygen atoms in total. The standard InChI is InChI=1S/C18H22FN5O2.C2H6.H2/c1-3-15(14(21)8-20)24-18(25)12-6-5-11(7-13(12)19)16-9-22-10-17(23-16)26-4-2;1-2;/h5-8,10,15,20-22H,3-4,9H2,1-2H3,(H,24,25);1-2H3;1H. The van der Waals surface area contributed by atoms with E-state index in [1.165, 1.54) is 12.1 Å². The largest absolute Gasteiger partial charge is 0.477 e. The maximum absolute atomic E-state index is 14.5. The summed E-state index contributed by atoms with van der Waals surface area (Å²) in [4.78, 5) is 16.6. The molecule has 1 atom stereocenters. The fourth-order valence-electron chi connectivity index (χ4n) is 2.44. The van der Waals surface area contributed by atoms with Crippen molar-refractivity contribution in [1.82, 2.24) is 10.6 Å². The highest BCUT2D eigenvalue weighted by atomic mass is 19.1. The van der Waals surface area contributed by atoms with Gasteiger partial charge in [0.25, 0.3) is 5.91 Å². The number of ether oxygens (including phenoxy) is 1. The van der Waals surface area contributed by atoms with Gasteiger partial charge in [0.15, 0.2) is 0 Å². The third-order valence-corrected chi connectivity index (χ3v) is 3.82. The summed E-state index contributed by atoms with van der Waals surface area (Å²) >= 11 is 0. The van der Waals surface area contributed by atoms with Crippen LogP contribution in [0.15, 0.2) is 35.3 Å². The van der Waals surface area contributed by atoms with Gasteiger partial charge in [-0.1, -0.05) is 26.8 Å². The van der Waals surface area contributed by atoms with Crippen LogP contribution < -0.4 is 10.6 Å². The minimum atomic E-state index is -0.675. The van der Waals surface area contributed by atoms with Crippen LogP contribution in [0.5, 0.6) is 0 Å². The van der Waals surface area contributed by atoms with E-state index in [4.69, 9.17) is 15.6 Å². The first-order valence-corrected chi connectivity index (χ1v) is 9.33. The molecule has 8 heteroatoms. The Morgan fingerprint density at radius 2 is 2.18 bits per heavy atom. The van der Waals surface area contributed by atoms with Gasteiger partial charge in [-0.3, -0.25) is 4.79 Å². The number of benzene rings is 1. The van der Waals surface area contributed by atoms with Gasteiger partial charge in [0, 0.05) is 13.2 Å². The van der Waals surface area contributed by atoms with E-state index in [9.17, 15) is 9.18 Å². The molecule has 1 aromatic carbocycles. The molecule has 1 aliphatic heterocycles. The van der Waals surface area contributed by atoms with E-state index in [2.05, 4.69) is 15.6 Å². The maximum atomic E-state index is 14.5. The number of carbonyl (C=O) groups excluding carboxylic acids is 1. The molecule has 1 heterocycles. The van der Waals surface area contributed by atoms with Crippen LogP contribution in [0, 0.1) is 16.6 Å². The second-order valence-electron chi connectivity index (χ2n) is 5.58. The van der Waals surface area contributed by atoms with Crippen molar-refractivity contribution in [3.8, 4) is 0 Å². The summed E-state index contributed by atoms with van der Waals surface area (Å²) in [5.41, 5.74) is 1.01. The lowest BCUT2D eigenvalue weighted by Crippen LogP contribution is -2.40. The first-order valence-electron chi connectivity index (χ1n) is 9.33. The molecule has 0 bridgehead atoms. The molecule has 0 aliphatic carbocycles. The number of aliphatic imine (C=N–C) groups is 1. The zero-order valence-corrected chi connectivity index (χ0v) is 16.7. The second-order valence-corrected chi connectivity index (χ2v) is 5.58. The first kappa shape index (κ1) is 23.0. The number of amides is 1. The van der Waals surface area contributed by atoms with E-state index in [1.54, 1.807) is 19.2 Å². The van der Waals surface area contributed by atoms with Crippen LogP contribution in [0.1, 0.15) is 51.5 Å². The first-order chi connectivity index (χ1) is 13.5. The third kappa shape index (κ3) is 6.00. The molecular weight excluding hydrogens is 361 g/mol. The lowest BCUT2D eigenvalue weighted by atomic mass is 10.0. The van der Waals surface area contributed by atoms with Crippen molar-refractivity contribution in [2.24, 2.45) is 4.99 Å². The van der Waals surface area contributed by atoms with Crippen LogP contribution in [-0.4, -0.2) is 42.7 Å². The van der Waals surface area contributed by atoms with Crippen molar-refractivity contribution < 1.29 is 15.3 Å². The van der Waals surface area contributed by atoms with Gasteiger partial charge in [-0.05, 0) is 25.5 Å². The maximum Gasteiger partial charge on any atom is 0.254 e. The van der Waals surface area contributed by atoms with Gasteiger partial charge in [-0.25, -0.2) is 9.38 Å². The van der Waals surface area contributed by atoms with E-state index in [0.29, 0.717) is 36.7 Å². The predicted molar refractivity (Wildman–Crippen MR) is 112 cm³/mol. The Labute approximate surface area is 166 Å². The summed E-state index contributed by atoms with van der Waals surface area (Å²) in [7, 11) is 0. The number of rotatable bonds is 8. The molecule has 1 aliphatic rings. The van der Waals surface area contributed by atoms with E-state index < -0.39 is 17.8 Å².